The monoisotopic (exact) mass is 376 g/mol. The maximum atomic E-state index is 10.9. The minimum absolute atomic E-state index is 0.193. The molecular formula is C22H32O5. The van der Waals surface area contributed by atoms with E-state index in [1.807, 2.05) is 12.1 Å². The molecule has 0 aliphatic heterocycles. The third-order valence-electron chi connectivity index (χ3n) is 7.39. The largest absolute Gasteiger partial charge is 0.468 e. The molecule has 3 aliphatic carbocycles. The number of benzene rings is 1. The van der Waals surface area contributed by atoms with Gasteiger partial charge in [-0.25, -0.2) is 0 Å². The Morgan fingerprint density at radius 2 is 1.89 bits per heavy atom. The first kappa shape index (κ1) is 19.2. The zero-order valence-electron chi connectivity index (χ0n) is 16.6. The summed E-state index contributed by atoms with van der Waals surface area (Å²) in [5.41, 5.74) is 2.55. The van der Waals surface area contributed by atoms with Crippen LogP contribution in [-0.4, -0.2) is 39.0 Å². The van der Waals surface area contributed by atoms with E-state index >= 15 is 0 Å². The zero-order chi connectivity index (χ0) is 19.0. The van der Waals surface area contributed by atoms with E-state index in [-0.39, 0.29) is 18.3 Å². The number of rotatable bonds is 6. The lowest BCUT2D eigenvalue weighted by Crippen LogP contribution is -2.45. The summed E-state index contributed by atoms with van der Waals surface area (Å²) in [6, 6.07) is 6.18. The highest BCUT2D eigenvalue weighted by Crippen LogP contribution is 2.62. The predicted molar refractivity (Wildman–Crippen MR) is 102 cm³/mol. The van der Waals surface area contributed by atoms with Gasteiger partial charge in [0.2, 0.25) is 0 Å². The van der Waals surface area contributed by atoms with Crippen LogP contribution in [0, 0.1) is 17.3 Å². The minimum Gasteiger partial charge on any atom is -0.468 e. The molecule has 6 atom stereocenters. The number of hydrogen-bond donors (Lipinski definition) is 1. The third-order valence-corrected chi connectivity index (χ3v) is 7.39. The van der Waals surface area contributed by atoms with Gasteiger partial charge in [0.05, 0.1) is 12.2 Å². The van der Waals surface area contributed by atoms with Crippen LogP contribution in [0.3, 0.4) is 0 Å². The van der Waals surface area contributed by atoms with Crippen LogP contribution >= 0.6 is 0 Å². The molecule has 150 valence electrons. The first-order valence-electron chi connectivity index (χ1n) is 10.1. The van der Waals surface area contributed by atoms with Gasteiger partial charge >= 0.3 is 0 Å². The van der Waals surface area contributed by atoms with Gasteiger partial charge in [-0.1, -0.05) is 13.0 Å². The first-order chi connectivity index (χ1) is 13.1. The lowest BCUT2D eigenvalue weighted by Gasteiger charge is -2.51. The molecule has 0 heterocycles. The second kappa shape index (κ2) is 7.70. The molecule has 2 fully saturated rings. The highest BCUT2D eigenvalue weighted by atomic mass is 16.7. The van der Waals surface area contributed by atoms with E-state index in [1.165, 1.54) is 18.4 Å². The molecule has 0 radical (unpaired) electrons. The van der Waals surface area contributed by atoms with Crippen molar-refractivity contribution in [1.29, 1.82) is 0 Å². The van der Waals surface area contributed by atoms with Crippen LogP contribution in [0.2, 0.25) is 0 Å². The van der Waals surface area contributed by atoms with Crippen LogP contribution in [0.1, 0.15) is 62.2 Å². The second-order valence-electron chi connectivity index (χ2n) is 8.65. The van der Waals surface area contributed by atoms with Crippen LogP contribution in [-0.2, 0) is 14.2 Å². The molecule has 1 aromatic carbocycles. The number of ether oxygens (including phenoxy) is 4. The Labute approximate surface area is 162 Å². The summed E-state index contributed by atoms with van der Waals surface area (Å²) in [5, 5.41) is 10.9. The summed E-state index contributed by atoms with van der Waals surface area (Å²) in [6.45, 7) is 2.99. The molecular weight excluding hydrogens is 344 g/mol. The summed E-state index contributed by atoms with van der Waals surface area (Å²) in [5.74, 6) is 2.42. The van der Waals surface area contributed by atoms with Crippen LogP contribution < -0.4 is 4.74 Å². The quantitative estimate of drug-likeness (QED) is 0.761. The molecule has 0 spiro atoms. The fraction of sp³-hybridized carbons (Fsp3) is 0.727. The average Bonchev–Trinajstić information content (AvgIpc) is 3.01. The highest BCUT2D eigenvalue weighted by molar-refractivity contribution is 5.42. The third kappa shape index (κ3) is 3.29. The Bertz CT molecular complexity index is 662. The molecule has 0 saturated heterocycles. The Hall–Kier alpha value is -1.14. The minimum atomic E-state index is -0.423. The summed E-state index contributed by atoms with van der Waals surface area (Å²) in [6.07, 6.45) is 5.29. The van der Waals surface area contributed by atoms with Crippen molar-refractivity contribution in [3.8, 4) is 5.75 Å². The van der Waals surface area contributed by atoms with Crippen molar-refractivity contribution >= 4 is 0 Å². The maximum absolute atomic E-state index is 10.9. The van der Waals surface area contributed by atoms with E-state index in [1.54, 1.807) is 14.2 Å². The molecule has 4 rings (SSSR count). The molecule has 2 saturated carbocycles. The molecule has 2 unspecified atom stereocenters. The van der Waals surface area contributed by atoms with Gasteiger partial charge in [0.1, 0.15) is 12.5 Å². The van der Waals surface area contributed by atoms with E-state index < -0.39 is 6.10 Å². The summed E-state index contributed by atoms with van der Waals surface area (Å²) in [4.78, 5) is 0. The molecule has 1 aromatic rings. The fourth-order valence-electron chi connectivity index (χ4n) is 6.16. The topological polar surface area (TPSA) is 57.2 Å². The van der Waals surface area contributed by atoms with Gasteiger partial charge in [0.25, 0.3) is 0 Å². The lowest BCUT2D eigenvalue weighted by atomic mass is 9.55. The normalized spacial score (nSPS) is 37.4. The average molecular weight is 376 g/mol. The van der Waals surface area contributed by atoms with Crippen molar-refractivity contribution in [2.24, 2.45) is 17.3 Å². The van der Waals surface area contributed by atoms with Crippen molar-refractivity contribution in [1.82, 2.24) is 0 Å². The zero-order valence-corrected chi connectivity index (χ0v) is 16.6. The fourth-order valence-corrected chi connectivity index (χ4v) is 6.16. The second-order valence-corrected chi connectivity index (χ2v) is 8.65. The van der Waals surface area contributed by atoms with Gasteiger partial charge in [-0.15, -0.1) is 0 Å². The van der Waals surface area contributed by atoms with E-state index in [0.29, 0.717) is 24.5 Å². The SMILES string of the molecule is COCOc1ccc2c(c1)C(O)C[C@@H]1[C@@H]2CCC2(C)[C@@H](OCOC)CC[C@@H]12. The van der Waals surface area contributed by atoms with Gasteiger partial charge in [0.15, 0.2) is 6.79 Å². The van der Waals surface area contributed by atoms with Crippen LogP contribution in [0.25, 0.3) is 0 Å². The number of aliphatic hydroxyl groups is 1. The Morgan fingerprint density at radius 1 is 1.07 bits per heavy atom. The van der Waals surface area contributed by atoms with E-state index in [9.17, 15) is 5.11 Å². The molecule has 27 heavy (non-hydrogen) atoms. The van der Waals surface area contributed by atoms with Gasteiger partial charge in [-0.2, -0.15) is 0 Å². The van der Waals surface area contributed by atoms with Crippen LogP contribution in [0.5, 0.6) is 5.75 Å². The molecule has 0 amide bonds. The lowest BCUT2D eigenvalue weighted by molar-refractivity contribution is -0.127. The standard InChI is InChI=1S/C22H32O5/c1-22-9-8-16-15-5-4-14(26-12-24-2)10-18(15)20(23)11-17(16)19(22)6-7-21(22)27-13-25-3/h4-5,10,16-17,19-21,23H,6-9,11-13H2,1-3H3/t16-,17-,19+,20?,21+,22?/m1/s1. The van der Waals surface area contributed by atoms with Crippen molar-refractivity contribution in [3.05, 3.63) is 29.3 Å². The van der Waals surface area contributed by atoms with E-state index in [0.717, 1.165) is 30.6 Å². The van der Waals surface area contributed by atoms with Gasteiger partial charge < -0.3 is 24.1 Å². The predicted octanol–water partition coefficient (Wildman–Crippen LogP) is 4.01. The Balaban J connectivity index is 1.57. The van der Waals surface area contributed by atoms with Gasteiger partial charge in [0, 0.05) is 14.2 Å². The first-order valence-corrected chi connectivity index (χ1v) is 10.1. The summed E-state index contributed by atoms with van der Waals surface area (Å²) < 4.78 is 21.8. The molecule has 5 nitrogen and oxygen atoms in total. The van der Waals surface area contributed by atoms with Crippen molar-refractivity contribution in [2.45, 2.75) is 57.2 Å². The summed E-state index contributed by atoms with van der Waals surface area (Å²) in [7, 11) is 3.30. The maximum Gasteiger partial charge on any atom is 0.188 e. The number of aliphatic hydroxyl groups excluding tert-OH is 1. The van der Waals surface area contributed by atoms with Crippen LogP contribution in [0.15, 0.2) is 18.2 Å². The van der Waals surface area contributed by atoms with Gasteiger partial charge in [-0.05, 0) is 78.5 Å². The molecule has 0 bridgehead atoms. The van der Waals surface area contributed by atoms with Crippen molar-refractivity contribution < 1.29 is 24.1 Å². The van der Waals surface area contributed by atoms with Crippen molar-refractivity contribution in [2.75, 3.05) is 27.8 Å². The van der Waals surface area contributed by atoms with E-state index in [4.69, 9.17) is 18.9 Å². The molecule has 5 heteroatoms. The van der Waals surface area contributed by atoms with E-state index in [2.05, 4.69) is 13.0 Å². The molecule has 0 aromatic heterocycles. The van der Waals surface area contributed by atoms with Gasteiger partial charge in [-0.3, -0.25) is 0 Å². The van der Waals surface area contributed by atoms with Crippen LogP contribution in [0.4, 0.5) is 0 Å². The smallest absolute Gasteiger partial charge is 0.188 e. The highest BCUT2D eigenvalue weighted by Gasteiger charge is 2.56. The molecule has 3 aliphatic rings. The Kier molecular flexibility index (Phi) is 5.48. The van der Waals surface area contributed by atoms with Crippen molar-refractivity contribution in [3.63, 3.8) is 0 Å². The number of methoxy groups -OCH3 is 2. The Morgan fingerprint density at radius 3 is 2.67 bits per heavy atom. The number of fused-ring (bicyclic) bond motifs is 5. The summed E-state index contributed by atoms with van der Waals surface area (Å²) >= 11 is 0. The molecule has 1 N–H and O–H groups in total. The number of hydrogen-bond acceptors (Lipinski definition) is 5.